The van der Waals surface area contributed by atoms with Crippen LogP contribution >= 0.6 is 11.6 Å². The maximum atomic E-state index is 11.6. The van der Waals surface area contributed by atoms with Crippen molar-refractivity contribution in [1.82, 2.24) is 5.32 Å². The van der Waals surface area contributed by atoms with E-state index in [4.69, 9.17) is 11.6 Å². The largest absolute Gasteiger partial charge is 0.313 e. The van der Waals surface area contributed by atoms with E-state index in [0.29, 0.717) is 19.0 Å². The van der Waals surface area contributed by atoms with E-state index in [1.54, 1.807) is 0 Å². The Balaban J connectivity index is 3.15. The third kappa shape index (κ3) is 8.08. The van der Waals surface area contributed by atoms with Gasteiger partial charge in [-0.3, -0.25) is 0 Å². The van der Waals surface area contributed by atoms with Crippen molar-refractivity contribution in [2.75, 3.05) is 19.8 Å². The van der Waals surface area contributed by atoms with Gasteiger partial charge >= 0.3 is 0 Å². The Kier molecular flexibility index (Phi) is 6.98. The normalized spacial score (nSPS) is 13.9. The highest BCUT2D eigenvalue weighted by Crippen LogP contribution is 2.08. The van der Waals surface area contributed by atoms with E-state index >= 15 is 0 Å². The van der Waals surface area contributed by atoms with Gasteiger partial charge in [-0.15, -0.1) is 11.6 Å². The zero-order valence-electron chi connectivity index (χ0n) is 7.24. The first-order valence-corrected chi connectivity index (χ1v) is 4.51. The van der Waals surface area contributed by atoms with E-state index in [9.17, 15) is 4.39 Å². The Labute approximate surface area is 73.3 Å². The molecule has 0 aromatic carbocycles. The highest BCUT2D eigenvalue weighted by Gasteiger charge is 2.05. The lowest BCUT2D eigenvalue weighted by molar-refractivity contribution is 0.456. The molecule has 0 saturated carbocycles. The number of rotatable bonds is 6. The van der Waals surface area contributed by atoms with Gasteiger partial charge in [-0.1, -0.05) is 13.8 Å². The minimum absolute atomic E-state index is 0.140. The molecule has 0 saturated heterocycles. The molecule has 0 fully saturated rings. The number of hydrogen-bond acceptors (Lipinski definition) is 1. The first-order valence-electron chi connectivity index (χ1n) is 4.07. The summed E-state index contributed by atoms with van der Waals surface area (Å²) in [7, 11) is 0. The average molecular weight is 182 g/mol. The molecule has 0 spiro atoms. The van der Waals surface area contributed by atoms with Crippen molar-refractivity contribution >= 4 is 11.6 Å². The first kappa shape index (κ1) is 11.2. The van der Waals surface area contributed by atoms with Crippen LogP contribution in [-0.2, 0) is 0 Å². The van der Waals surface area contributed by atoms with Crippen molar-refractivity contribution in [3.05, 3.63) is 0 Å². The maximum Gasteiger partial charge on any atom is 0.102 e. The molecular weight excluding hydrogens is 165 g/mol. The monoisotopic (exact) mass is 181 g/mol. The Morgan fingerprint density at radius 1 is 1.45 bits per heavy atom. The summed E-state index contributed by atoms with van der Waals surface area (Å²) in [5.41, 5.74) is 0. The molecule has 3 heteroatoms. The van der Waals surface area contributed by atoms with Crippen molar-refractivity contribution in [3.63, 3.8) is 0 Å². The smallest absolute Gasteiger partial charge is 0.102 e. The van der Waals surface area contributed by atoms with E-state index in [1.165, 1.54) is 0 Å². The van der Waals surface area contributed by atoms with Crippen LogP contribution in [0.4, 0.5) is 4.39 Å². The second kappa shape index (κ2) is 6.86. The summed E-state index contributed by atoms with van der Waals surface area (Å²) < 4.78 is 11.6. The summed E-state index contributed by atoms with van der Waals surface area (Å²) in [6, 6.07) is 0. The van der Waals surface area contributed by atoms with Crippen LogP contribution in [0.15, 0.2) is 0 Å². The molecule has 1 N–H and O–H groups in total. The van der Waals surface area contributed by atoms with Crippen molar-refractivity contribution in [2.45, 2.75) is 25.6 Å². The Morgan fingerprint density at radius 2 is 2.09 bits per heavy atom. The highest BCUT2D eigenvalue weighted by atomic mass is 35.5. The van der Waals surface area contributed by atoms with Crippen molar-refractivity contribution in [3.8, 4) is 0 Å². The molecule has 0 aliphatic carbocycles. The van der Waals surface area contributed by atoms with Crippen LogP contribution in [0.3, 0.4) is 0 Å². The van der Waals surface area contributed by atoms with Crippen LogP contribution in [-0.4, -0.2) is 25.1 Å². The van der Waals surface area contributed by atoms with Gasteiger partial charge in [0.05, 0.1) is 0 Å². The number of hydrogen-bond donors (Lipinski definition) is 1. The Morgan fingerprint density at radius 3 is 2.55 bits per heavy atom. The van der Waals surface area contributed by atoms with Gasteiger partial charge in [0.2, 0.25) is 0 Å². The van der Waals surface area contributed by atoms with Gasteiger partial charge in [0.25, 0.3) is 0 Å². The van der Waals surface area contributed by atoms with Gasteiger partial charge in [-0.2, -0.15) is 0 Å². The van der Waals surface area contributed by atoms with Crippen molar-refractivity contribution in [2.24, 2.45) is 5.92 Å². The molecule has 0 bridgehead atoms. The van der Waals surface area contributed by atoms with Crippen molar-refractivity contribution in [1.29, 1.82) is 0 Å². The van der Waals surface area contributed by atoms with Gasteiger partial charge in [0.15, 0.2) is 0 Å². The molecule has 0 aliphatic heterocycles. The lowest BCUT2D eigenvalue weighted by Gasteiger charge is -2.11. The van der Waals surface area contributed by atoms with E-state index in [0.717, 1.165) is 6.42 Å². The Bertz CT molecular complexity index is 88.2. The van der Waals surface area contributed by atoms with Crippen LogP contribution < -0.4 is 5.32 Å². The Hall–Kier alpha value is 0.180. The molecule has 0 aliphatic rings. The summed E-state index contributed by atoms with van der Waals surface area (Å²) in [5, 5.41) is 3.07. The van der Waals surface area contributed by atoms with Gasteiger partial charge in [-0.05, 0) is 12.3 Å². The fraction of sp³-hybridized carbons (Fsp3) is 1.00. The van der Waals surface area contributed by atoms with Gasteiger partial charge in [-0.25, -0.2) is 4.39 Å². The zero-order chi connectivity index (χ0) is 8.69. The molecule has 0 radical (unpaired) electrons. The van der Waals surface area contributed by atoms with Crippen LogP contribution in [0, 0.1) is 5.92 Å². The number of alkyl halides is 2. The van der Waals surface area contributed by atoms with Crippen LogP contribution in [0.5, 0.6) is 0 Å². The van der Waals surface area contributed by atoms with E-state index < -0.39 is 0 Å². The highest BCUT2D eigenvalue weighted by molar-refractivity contribution is 6.20. The molecule has 0 aromatic heterocycles. The second-order valence-electron chi connectivity index (χ2n) is 3.12. The number of halogens is 2. The minimum atomic E-state index is -0.314. The fourth-order valence-electron chi connectivity index (χ4n) is 0.920. The molecule has 11 heavy (non-hydrogen) atoms. The SMILES string of the molecule is CC(C)CC(Cl)CNCCF. The molecule has 0 heterocycles. The fourth-order valence-corrected chi connectivity index (χ4v) is 1.39. The molecule has 1 atom stereocenters. The molecular formula is C8H17ClFN. The van der Waals surface area contributed by atoms with Crippen LogP contribution in [0.1, 0.15) is 20.3 Å². The summed E-state index contributed by atoms with van der Waals surface area (Å²) in [4.78, 5) is 0. The summed E-state index contributed by atoms with van der Waals surface area (Å²) in [5.74, 6) is 0.615. The molecule has 1 unspecified atom stereocenters. The molecule has 0 rings (SSSR count). The summed E-state index contributed by atoms with van der Waals surface area (Å²) in [6.45, 7) is 5.07. The maximum absolute atomic E-state index is 11.6. The lowest BCUT2D eigenvalue weighted by atomic mass is 10.1. The molecule has 0 aromatic rings. The van der Waals surface area contributed by atoms with Crippen LogP contribution in [0.2, 0.25) is 0 Å². The third-order valence-electron chi connectivity index (χ3n) is 1.36. The second-order valence-corrected chi connectivity index (χ2v) is 3.74. The third-order valence-corrected chi connectivity index (χ3v) is 1.70. The van der Waals surface area contributed by atoms with Crippen molar-refractivity contribution < 1.29 is 4.39 Å². The van der Waals surface area contributed by atoms with E-state index in [2.05, 4.69) is 19.2 Å². The molecule has 68 valence electrons. The zero-order valence-corrected chi connectivity index (χ0v) is 7.99. The van der Waals surface area contributed by atoms with E-state index in [-0.39, 0.29) is 12.1 Å². The first-order chi connectivity index (χ1) is 5.16. The standard InChI is InChI=1S/C8H17ClFN/c1-7(2)5-8(9)6-11-4-3-10/h7-8,11H,3-6H2,1-2H3. The van der Waals surface area contributed by atoms with Gasteiger partial charge in [0.1, 0.15) is 6.67 Å². The van der Waals surface area contributed by atoms with Crippen LogP contribution in [0.25, 0.3) is 0 Å². The minimum Gasteiger partial charge on any atom is -0.313 e. The lowest BCUT2D eigenvalue weighted by Crippen LogP contribution is -2.26. The molecule has 1 nitrogen and oxygen atoms in total. The number of nitrogens with one attached hydrogen (secondary N) is 1. The summed E-state index contributed by atoms with van der Waals surface area (Å²) >= 11 is 5.93. The van der Waals surface area contributed by atoms with Gasteiger partial charge in [0, 0.05) is 18.5 Å². The molecule has 0 amide bonds. The average Bonchev–Trinajstić information content (AvgIpc) is 1.86. The summed E-state index contributed by atoms with van der Waals surface area (Å²) in [6.07, 6.45) is 0.987. The van der Waals surface area contributed by atoms with Gasteiger partial charge < -0.3 is 5.32 Å². The topological polar surface area (TPSA) is 12.0 Å². The van der Waals surface area contributed by atoms with E-state index in [1.807, 2.05) is 0 Å². The quantitative estimate of drug-likeness (QED) is 0.490. The predicted molar refractivity (Wildman–Crippen MR) is 47.9 cm³/mol. The predicted octanol–water partition coefficient (Wildman–Crippen LogP) is 2.20.